The number of furan rings is 1. The number of halogens is 4. The van der Waals surface area contributed by atoms with Gasteiger partial charge >= 0.3 is 6.61 Å². The monoisotopic (exact) mass is 471 g/mol. The number of nitrogens with one attached hydrogen (secondary N) is 1. The van der Waals surface area contributed by atoms with Crippen LogP contribution in [0.1, 0.15) is 23.2 Å². The topological polar surface area (TPSA) is 69.9 Å². The van der Waals surface area contributed by atoms with Crippen LogP contribution in [0.3, 0.4) is 0 Å². The smallest absolute Gasteiger partial charge is 0.387 e. The summed E-state index contributed by atoms with van der Waals surface area (Å²) in [6.07, 6.45) is 0. The van der Waals surface area contributed by atoms with E-state index in [9.17, 15) is 13.6 Å². The quantitative estimate of drug-likeness (QED) is 0.389. The molecule has 10 heteroatoms. The average Bonchev–Trinajstić information content (AvgIpc) is 3.20. The highest BCUT2D eigenvalue weighted by Crippen LogP contribution is 2.33. The molecule has 0 spiro atoms. The van der Waals surface area contributed by atoms with Crippen LogP contribution >= 0.6 is 23.2 Å². The number of carbonyl (C=O) groups is 1. The summed E-state index contributed by atoms with van der Waals surface area (Å²) in [6, 6.07) is 12.1. The molecule has 0 aliphatic carbocycles. The van der Waals surface area contributed by atoms with Crippen molar-refractivity contribution in [2.45, 2.75) is 20.1 Å². The summed E-state index contributed by atoms with van der Waals surface area (Å²) in [5, 5.41) is 3.24. The van der Waals surface area contributed by atoms with Gasteiger partial charge in [-0.2, -0.15) is 8.78 Å². The Bertz CT molecular complexity index is 1060. The maximum Gasteiger partial charge on any atom is 0.387 e. The molecule has 1 aromatic heterocycles. The van der Waals surface area contributed by atoms with Crippen molar-refractivity contribution < 1.29 is 32.2 Å². The number of rotatable bonds is 9. The number of anilines is 1. The third kappa shape index (κ3) is 6.02. The van der Waals surface area contributed by atoms with E-state index in [2.05, 4.69) is 10.1 Å². The van der Waals surface area contributed by atoms with E-state index < -0.39 is 12.5 Å². The molecule has 2 aromatic carbocycles. The second-order valence-electron chi connectivity index (χ2n) is 6.03. The summed E-state index contributed by atoms with van der Waals surface area (Å²) >= 11 is 12.0. The molecule has 0 saturated carbocycles. The molecule has 0 fully saturated rings. The highest BCUT2D eigenvalue weighted by atomic mass is 35.5. The van der Waals surface area contributed by atoms with Gasteiger partial charge in [-0.1, -0.05) is 29.3 Å². The van der Waals surface area contributed by atoms with Gasteiger partial charge in [-0.25, -0.2) is 0 Å². The fourth-order valence-corrected chi connectivity index (χ4v) is 2.91. The fraction of sp³-hybridized carbons (Fsp3) is 0.190. The number of ether oxygens (including phenoxy) is 3. The zero-order chi connectivity index (χ0) is 22.4. The van der Waals surface area contributed by atoms with Crippen LogP contribution in [-0.2, 0) is 6.61 Å². The molecule has 0 bridgehead atoms. The Labute approximate surface area is 186 Å². The lowest BCUT2D eigenvalue weighted by atomic mass is 10.2. The molecule has 6 nitrogen and oxygen atoms in total. The molecule has 0 aliphatic rings. The Balaban J connectivity index is 1.65. The van der Waals surface area contributed by atoms with Gasteiger partial charge in [0.1, 0.15) is 23.1 Å². The molecular formula is C21H17Cl2F2NO5. The number of amides is 1. The van der Waals surface area contributed by atoms with E-state index in [1.807, 2.05) is 0 Å². The van der Waals surface area contributed by atoms with Crippen LogP contribution in [-0.4, -0.2) is 19.1 Å². The van der Waals surface area contributed by atoms with Crippen LogP contribution in [0.15, 0.2) is 52.9 Å². The van der Waals surface area contributed by atoms with Crippen LogP contribution in [0.5, 0.6) is 17.2 Å². The molecule has 3 aromatic rings. The number of carbonyl (C=O) groups excluding carboxylic acids is 1. The van der Waals surface area contributed by atoms with E-state index in [4.69, 9.17) is 37.1 Å². The third-order valence-corrected chi connectivity index (χ3v) is 4.69. The van der Waals surface area contributed by atoms with Crippen LogP contribution < -0.4 is 19.5 Å². The number of benzene rings is 2. The largest absolute Gasteiger partial charge is 0.490 e. The molecule has 0 atom stereocenters. The summed E-state index contributed by atoms with van der Waals surface area (Å²) in [4.78, 5) is 12.5. The van der Waals surface area contributed by atoms with Crippen LogP contribution in [0.4, 0.5) is 14.5 Å². The van der Waals surface area contributed by atoms with Gasteiger partial charge in [0.05, 0.1) is 11.6 Å². The highest BCUT2D eigenvalue weighted by molar-refractivity contribution is 6.42. The van der Waals surface area contributed by atoms with Crippen molar-refractivity contribution in [1.29, 1.82) is 0 Å². The standard InChI is InChI=1S/C21H17Cl2F2NO5/c1-2-28-18-10-12(6-8-15(18)31-21(24)25)26-20(27)17-9-7-13(30-17)11-29-16-5-3-4-14(22)19(16)23/h3-10,21H,2,11H2,1H3,(H,26,27). The summed E-state index contributed by atoms with van der Waals surface area (Å²) in [7, 11) is 0. The molecule has 3 rings (SSSR count). The van der Waals surface area contributed by atoms with Crippen molar-refractivity contribution >= 4 is 34.8 Å². The van der Waals surface area contributed by atoms with Gasteiger partial charge < -0.3 is 23.9 Å². The maximum absolute atomic E-state index is 12.5. The molecule has 0 radical (unpaired) electrons. The average molecular weight is 472 g/mol. The lowest BCUT2D eigenvalue weighted by Gasteiger charge is -2.13. The first-order valence-corrected chi connectivity index (χ1v) is 9.81. The Kier molecular flexibility index (Phi) is 7.59. The summed E-state index contributed by atoms with van der Waals surface area (Å²) < 4.78 is 45.8. The van der Waals surface area contributed by atoms with Gasteiger partial charge in [-0.05, 0) is 43.3 Å². The fourth-order valence-electron chi connectivity index (χ4n) is 2.56. The van der Waals surface area contributed by atoms with Crippen molar-refractivity contribution in [3.63, 3.8) is 0 Å². The Morgan fingerprint density at radius 2 is 1.87 bits per heavy atom. The lowest BCUT2D eigenvalue weighted by molar-refractivity contribution is -0.0514. The van der Waals surface area contributed by atoms with Gasteiger partial charge in [-0.15, -0.1) is 0 Å². The Morgan fingerprint density at radius 1 is 1.06 bits per heavy atom. The van der Waals surface area contributed by atoms with Gasteiger partial charge in [0, 0.05) is 11.8 Å². The van der Waals surface area contributed by atoms with Crippen LogP contribution in [0.25, 0.3) is 0 Å². The van der Waals surface area contributed by atoms with Gasteiger partial charge in [0.25, 0.3) is 5.91 Å². The highest BCUT2D eigenvalue weighted by Gasteiger charge is 2.16. The molecule has 31 heavy (non-hydrogen) atoms. The van der Waals surface area contributed by atoms with Gasteiger partial charge in [0.2, 0.25) is 0 Å². The Hall–Kier alpha value is -2.97. The van der Waals surface area contributed by atoms with Gasteiger partial charge in [0.15, 0.2) is 17.3 Å². The van der Waals surface area contributed by atoms with Crippen molar-refractivity contribution in [3.05, 3.63) is 70.1 Å². The molecule has 1 N–H and O–H groups in total. The van der Waals surface area contributed by atoms with E-state index in [-0.39, 0.29) is 35.5 Å². The number of hydrogen-bond acceptors (Lipinski definition) is 5. The first kappa shape index (κ1) is 22.7. The van der Waals surface area contributed by atoms with E-state index >= 15 is 0 Å². The van der Waals surface area contributed by atoms with E-state index in [0.29, 0.717) is 22.2 Å². The molecular weight excluding hydrogens is 455 g/mol. The van der Waals surface area contributed by atoms with E-state index in [0.717, 1.165) is 0 Å². The minimum Gasteiger partial charge on any atom is -0.490 e. The summed E-state index contributed by atoms with van der Waals surface area (Å²) in [5.74, 6) is 0.196. The number of alkyl halides is 2. The molecule has 1 amide bonds. The van der Waals surface area contributed by atoms with Crippen molar-refractivity contribution in [2.24, 2.45) is 0 Å². The first-order valence-electron chi connectivity index (χ1n) is 9.06. The second kappa shape index (κ2) is 10.4. The molecule has 1 heterocycles. The SMILES string of the molecule is CCOc1cc(NC(=O)c2ccc(COc3cccc(Cl)c3Cl)o2)ccc1OC(F)F. The predicted molar refractivity (Wildman–Crippen MR) is 112 cm³/mol. The lowest BCUT2D eigenvalue weighted by Crippen LogP contribution is -2.11. The Morgan fingerprint density at radius 3 is 2.61 bits per heavy atom. The minimum absolute atomic E-state index is 0.0293. The van der Waals surface area contributed by atoms with Crippen LogP contribution in [0, 0.1) is 0 Å². The van der Waals surface area contributed by atoms with E-state index in [1.54, 1.807) is 31.2 Å². The van der Waals surface area contributed by atoms with Crippen molar-refractivity contribution in [2.75, 3.05) is 11.9 Å². The first-order chi connectivity index (χ1) is 14.9. The molecule has 164 valence electrons. The van der Waals surface area contributed by atoms with Gasteiger partial charge in [-0.3, -0.25) is 4.79 Å². The van der Waals surface area contributed by atoms with Crippen molar-refractivity contribution in [1.82, 2.24) is 0 Å². The predicted octanol–water partition coefficient (Wildman–Crippen LogP) is 6.42. The molecule has 0 aliphatic heterocycles. The second-order valence-corrected chi connectivity index (χ2v) is 6.82. The molecule has 0 saturated heterocycles. The third-order valence-electron chi connectivity index (χ3n) is 3.89. The zero-order valence-electron chi connectivity index (χ0n) is 16.2. The zero-order valence-corrected chi connectivity index (χ0v) is 17.7. The summed E-state index contributed by atoms with van der Waals surface area (Å²) in [6.45, 7) is -1.04. The maximum atomic E-state index is 12.5. The molecule has 0 unspecified atom stereocenters. The van der Waals surface area contributed by atoms with Crippen molar-refractivity contribution in [3.8, 4) is 17.2 Å². The van der Waals surface area contributed by atoms with Crippen LogP contribution in [0.2, 0.25) is 10.0 Å². The number of hydrogen-bond donors (Lipinski definition) is 1. The van der Waals surface area contributed by atoms with E-state index in [1.165, 1.54) is 24.3 Å². The summed E-state index contributed by atoms with van der Waals surface area (Å²) in [5.41, 5.74) is 0.315. The minimum atomic E-state index is -3.00. The normalized spacial score (nSPS) is 10.8.